The summed E-state index contributed by atoms with van der Waals surface area (Å²) in [7, 11) is 2.17. The monoisotopic (exact) mass is 187 g/mol. The van der Waals surface area contributed by atoms with Gasteiger partial charge in [0.25, 0.3) is 0 Å². The van der Waals surface area contributed by atoms with E-state index < -0.39 is 0 Å². The number of rotatable bonds is 5. The second kappa shape index (κ2) is 6.32. The maximum atomic E-state index is 8.56. The molecule has 1 saturated heterocycles. The van der Waals surface area contributed by atoms with Crippen LogP contribution in [0.1, 0.15) is 0 Å². The lowest BCUT2D eigenvalue weighted by molar-refractivity contribution is 0.154. The van der Waals surface area contributed by atoms with Gasteiger partial charge in [0.15, 0.2) is 0 Å². The third kappa shape index (κ3) is 4.57. The van der Waals surface area contributed by atoms with Gasteiger partial charge in [-0.2, -0.15) is 0 Å². The van der Waals surface area contributed by atoms with Crippen molar-refractivity contribution in [3.8, 4) is 0 Å². The molecule has 0 aromatic heterocycles. The van der Waals surface area contributed by atoms with Crippen LogP contribution in [0.2, 0.25) is 0 Å². The van der Waals surface area contributed by atoms with Crippen molar-refractivity contribution in [2.24, 2.45) is 0 Å². The van der Waals surface area contributed by atoms with E-state index in [0.717, 1.165) is 13.1 Å². The van der Waals surface area contributed by atoms with Crippen molar-refractivity contribution >= 4 is 0 Å². The zero-order chi connectivity index (χ0) is 9.52. The fourth-order valence-electron chi connectivity index (χ4n) is 1.51. The lowest BCUT2D eigenvalue weighted by atomic mass is 10.3. The Morgan fingerprint density at radius 1 is 1.15 bits per heavy atom. The van der Waals surface area contributed by atoms with E-state index in [-0.39, 0.29) is 6.61 Å². The van der Waals surface area contributed by atoms with Crippen molar-refractivity contribution in [1.82, 2.24) is 15.1 Å². The van der Waals surface area contributed by atoms with E-state index in [9.17, 15) is 0 Å². The number of hydrogen-bond donors (Lipinski definition) is 2. The smallest absolute Gasteiger partial charge is 0.0555 e. The quantitative estimate of drug-likeness (QED) is 0.531. The summed E-state index contributed by atoms with van der Waals surface area (Å²) < 4.78 is 0. The lowest BCUT2D eigenvalue weighted by Gasteiger charge is -2.32. The summed E-state index contributed by atoms with van der Waals surface area (Å²) in [6, 6.07) is 0. The molecule has 0 aromatic carbocycles. The molecule has 78 valence electrons. The van der Waals surface area contributed by atoms with Gasteiger partial charge in [-0.1, -0.05) is 0 Å². The Hall–Kier alpha value is -0.160. The highest BCUT2D eigenvalue weighted by molar-refractivity contribution is 4.69. The number of aliphatic hydroxyl groups is 1. The Morgan fingerprint density at radius 3 is 2.46 bits per heavy atom. The minimum atomic E-state index is 0.239. The molecule has 2 N–H and O–H groups in total. The van der Waals surface area contributed by atoms with Gasteiger partial charge in [-0.15, -0.1) is 0 Å². The molecule has 0 spiro atoms. The highest BCUT2D eigenvalue weighted by atomic mass is 16.3. The van der Waals surface area contributed by atoms with E-state index in [0.29, 0.717) is 6.54 Å². The summed E-state index contributed by atoms with van der Waals surface area (Å²) in [5.74, 6) is 0. The maximum absolute atomic E-state index is 8.56. The molecule has 1 fully saturated rings. The first-order valence-electron chi connectivity index (χ1n) is 5.05. The van der Waals surface area contributed by atoms with Crippen molar-refractivity contribution in [2.45, 2.75) is 0 Å². The molecule has 1 aliphatic heterocycles. The predicted octanol–water partition coefficient (Wildman–Crippen LogP) is -1.18. The van der Waals surface area contributed by atoms with Crippen LogP contribution in [0.25, 0.3) is 0 Å². The third-order valence-corrected chi connectivity index (χ3v) is 2.49. The van der Waals surface area contributed by atoms with Crippen molar-refractivity contribution in [3.05, 3.63) is 0 Å². The first-order valence-corrected chi connectivity index (χ1v) is 5.05. The van der Waals surface area contributed by atoms with E-state index in [1.807, 2.05) is 0 Å². The summed E-state index contributed by atoms with van der Waals surface area (Å²) in [6.45, 7) is 7.77. The van der Waals surface area contributed by atoms with Crippen LogP contribution < -0.4 is 5.32 Å². The molecular weight excluding hydrogens is 166 g/mol. The maximum Gasteiger partial charge on any atom is 0.0555 e. The molecule has 0 unspecified atom stereocenters. The number of hydrogen-bond acceptors (Lipinski definition) is 4. The average Bonchev–Trinajstić information content (AvgIpc) is 2.15. The second-order valence-corrected chi connectivity index (χ2v) is 3.62. The fourth-order valence-corrected chi connectivity index (χ4v) is 1.51. The molecule has 0 radical (unpaired) electrons. The molecule has 0 aliphatic carbocycles. The van der Waals surface area contributed by atoms with Crippen LogP contribution >= 0.6 is 0 Å². The highest BCUT2D eigenvalue weighted by Crippen LogP contribution is 1.97. The molecule has 0 saturated carbocycles. The molecule has 1 rings (SSSR count). The zero-order valence-corrected chi connectivity index (χ0v) is 8.50. The molecule has 0 atom stereocenters. The van der Waals surface area contributed by atoms with Crippen molar-refractivity contribution in [1.29, 1.82) is 0 Å². The van der Waals surface area contributed by atoms with Gasteiger partial charge in [0, 0.05) is 45.8 Å². The van der Waals surface area contributed by atoms with Gasteiger partial charge < -0.3 is 15.3 Å². The molecule has 0 bridgehead atoms. The first kappa shape index (κ1) is 10.9. The van der Waals surface area contributed by atoms with Crippen molar-refractivity contribution < 1.29 is 5.11 Å². The summed E-state index contributed by atoms with van der Waals surface area (Å²) in [5.41, 5.74) is 0. The van der Waals surface area contributed by atoms with Crippen LogP contribution in [0.15, 0.2) is 0 Å². The summed E-state index contributed by atoms with van der Waals surface area (Å²) >= 11 is 0. The number of likely N-dealkylation sites (N-methyl/N-ethyl adjacent to an activating group) is 1. The first-order chi connectivity index (χ1) is 6.33. The molecule has 13 heavy (non-hydrogen) atoms. The molecular formula is C9H21N3O. The standard InChI is InChI=1S/C9H21N3O/c1-11-5-7-12(8-6-11)4-2-10-3-9-13/h10,13H,2-9H2,1H3. The van der Waals surface area contributed by atoms with Crippen LogP contribution in [0.4, 0.5) is 0 Å². The van der Waals surface area contributed by atoms with Crippen molar-refractivity contribution in [2.75, 3.05) is 59.5 Å². The molecule has 1 aliphatic rings. The van der Waals surface area contributed by atoms with Gasteiger partial charge in [0.2, 0.25) is 0 Å². The van der Waals surface area contributed by atoms with E-state index in [1.54, 1.807) is 0 Å². The largest absolute Gasteiger partial charge is 0.395 e. The number of nitrogens with zero attached hydrogens (tertiary/aromatic N) is 2. The van der Waals surface area contributed by atoms with Crippen LogP contribution in [0.5, 0.6) is 0 Å². The van der Waals surface area contributed by atoms with E-state index in [2.05, 4.69) is 22.2 Å². The van der Waals surface area contributed by atoms with Gasteiger partial charge in [-0.05, 0) is 7.05 Å². The normalized spacial score (nSPS) is 20.8. The highest BCUT2D eigenvalue weighted by Gasteiger charge is 2.12. The molecule has 4 heteroatoms. The Kier molecular flexibility index (Phi) is 5.31. The Labute approximate surface area is 80.5 Å². The lowest BCUT2D eigenvalue weighted by Crippen LogP contribution is -2.46. The van der Waals surface area contributed by atoms with Gasteiger partial charge in [-0.25, -0.2) is 0 Å². The summed E-state index contributed by atoms with van der Waals surface area (Å²) in [6.07, 6.45) is 0. The van der Waals surface area contributed by atoms with Crippen LogP contribution in [-0.4, -0.2) is 74.4 Å². The van der Waals surface area contributed by atoms with E-state index in [4.69, 9.17) is 5.11 Å². The Balaban J connectivity index is 1.96. The molecule has 0 aromatic rings. The van der Waals surface area contributed by atoms with Crippen LogP contribution in [0.3, 0.4) is 0 Å². The van der Waals surface area contributed by atoms with Gasteiger partial charge in [-0.3, -0.25) is 4.90 Å². The summed E-state index contributed by atoms with van der Waals surface area (Å²) in [5, 5.41) is 11.7. The molecule has 4 nitrogen and oxygen atoms in total. The SMILES string of the molecule is CN1CCN(CCNCCO)CC1. The van der Waals surface area contributed by atoms with Gasteiger partial charge >= 0.3 is 0 Å². The Bertz CT molecular complexity index is 124. The number of nitrogens with one attached hydrogen (secondary N) is 1. The predicted molar refractivity (Wildman–Crippen MR) is 53.9 cm³/mol. The third-order valence-electron chi connectivity index (χ3n) is 2.49. The van der Waals surface area contributed by atoms with Gasteiger partial charge in [0.1, 0.15) is 0 Å². The van der Waals surface area contributed by atoms with E-state index in [1.165, 1.54) is 26.2 Å². The van der Waals surface area contributed by atoms with E-state index >= 15 is 0 Å². The molecule has 1 heterocycles. The average molecular weight is 187 g/mol. The Morgan fingerprint density at radius 2 is 1.85 bits per heavy atom. The minimum Gasteiger partial charge on any atom is -0.395 e. The van der Waals surface area contributed by atoms with Gasteiger partial charge in [0.05, 0.1) is 6.61 Å². The topological polar surface area (TPSA) is 38.7 Å². The second-order valence-electron chi connectivity index (χ2n) is 3.62. The molecule has 0 amide bonds. The number of piperazine rings is 1. The fraction of sp³-hybridized carbons (Fsp3) is 1.00. The van der Waals surface area contributed by atoms with Crippen LogP contribution in [0, 0.1) is 0 Å². The minimum absolute atomic E-state index is 0.239. The summed E-state index contributed by atoms with van der Waals surface area (Å²) in [4.78, 5) is 4.82. The zero-order valence-electron chi connectivity index (χ0n) is 8.50. The number of aliphatic hydroxyl groups excluding tert-OH is 1. The van der Waals surface area contributed by atoms with Crippen LogP contribution in [-0.2, 0) is 0 Å². The van der Waals surface area contributed by atoms with Crippen molar-refractivity contribution in [3.63, 3.8) is 0 Å².